The fourth-order valence-electron chi connectivity index (χ4n) is 6.04. The third-order valence-electron chi connectivity index (χ3n) is 6.86. The van der Waals surface area contributed by atoms with Crippen molar-refractivity contribution in [2.24, 2.45) is 17.8 Å². The van der Waals surface area contributed by atoms with E-state index in [9.17, 15) is 4.79 Å². The molecule has 28 heavy (non-hydrogen) atoms. The van der Waals surface area contributed by atoms with E-state index in [2.05, 4.69) is 20.8 Å². The van der Waals surface area contributed by atoms with Gasteiger partial charge < -0.3 is 5.32 Å². The second-order valence-electron chi connectivity index (χ2n) is 9.11. The Morgan fingerprint density at radius 1 is 1.18 bits per heavy atom. The van der Waals surface area contributed by atoms with Crippen LogP contribution in [0.2, 0.25) is 0 Å². The number of nitrogens with zero attached hydrogens (tertiary/aromatic N) is 4. The zero-order valence-electron chi connectivity index (χ0n) is 16.5. The molecule has 4 aliphatic rings. The van der Waals surface area contributed by atoms with Crippen LogP contribution in [0.1, 0.15) is 51.0 Å². The molecule has 0 aliphatic heterocycles. The number of nitrogens with one attached hydrogen (secondary N) is 1. The number of tetrazole rings is 1. The molecule has 1 atom stereocenters. The minimum Gasteiger partial charge on any atom is -0.350 e. The monoisotopic (exact) mass is 397 g/mol. The summed E-state index contributed by atoms with van der Waals surface area (Å²) in [4.78, 5) is 13.1. The van der Waals surface area contributed by atoms with E-state index in [4.69, 9.17) is 0 Å². The minimum absolute atomic E-state index is 0.0442. The Labute approximate surface area is 169 Å². The van der Waals surface area contributed by atoms with E-state index in [1.807, 2.05) is 38.1 Å². The molecule has 1 heterocycles. The van der Waals surface area contributed by atoms with Crippen LogP contribution in [-0.4, -0.2) is 36.9 Å². The molecular weight excluding hydrogens is 370 g/mol. The van der Waals surface area contributed by atoms with Gasteiger partial charge in [0.2, 0.25) is 11.1 Å². The van der Waals surface area contributed by atoms with Crippen molar-refractivity contribution in [3.8, 4) is 5.69 Å². The molecule has 0 radical (unpaired) electrons. The van der Waals surface area contributed by atoms with Crippen molar-refractivity contribution in [2.45, 2.75) is 68.3 Å². The molecule has 0 spiro atoms. The molecule has 4 aliphatic carbocycles. The Morgan fingerprint density at radius 3 is 2.46 bits per heavy atom. The summed E-state index contributed by atoms with van der Waals surface area (Å²) in [6.45, 7) is 3.99. The van der Waals surface area contributed by atoms with Gasteiger partial charge in [0.15, 0.2) is 0 Å². The highest BCUT2D eigenvalue weighted by atomic mass is 32.2. The van der Waals surface area contributed by atoms with Gasteiger partial charge in [-0.3, -0.25) is 4.79 Å². The van der Waals surface area contributed by atoms with Crippen LogP contribution in [0, 0.1) is 24.7 Å². The summed E-state index contributed by atoms with van der Waals surface area (Å²) in [5.41, 5.74) is 2.09. The van der Waals surface area contributed by atoms with Gasteiger partial charge in [-0.05, 0) is 92.2 Å². The number of thioether (sulfide) groups is 1. The van der Waals surface area contributed by atoms with E-state index >= 15 is 0 Å². The topological polar surface area (TPSA) is 72.7 Å². The summed E-state index contributed by atoms with van der Waals surface area (Å²) in [6, 6.07) is 8.00. The standard InChI is InChI=1S/C21H27N5OS/c1-13-5-3-4-6-18(13)26-20(23-24-25-26)28-14(2)19(27)22-21-10-15-7-16(11-21)9-17(8-15)12-21/h3-6,14-17H,7-12H2,1-2H3,(H,22,27)/t14-,15?,16?,17?,21?/m1/s1. The highest BCUT2D eigenvalue weighted by Gasteiger charge is 2.51. The first-order chi connectivity index (χ1) is 13.5. The van der Waals surface area contributed by atoms with Gasteiger partial charge in [-0.1, -0.05) is 30.0 Å². The Morgan fingerprint density at radius 2 is 1.82 bits per heavy atom. The molecule has 1 amide bonds. The summed E-state index contributed by atoms with van der Waals surface area (Å²) in [5.74, 6) is 2.58. The average Bonchev–Trinajstić information content (AvgIpc) is 3.08. The molecule has 0 unspecified atom stereocenters. The van der Waals surface area contributed by atoms with Crippen LogP contribution in [0.15, 0.2) is 29.4 Å². The Balaban J connectivity index is 1.29. The highest BCUT2D eigenvalue weighted by molar-refractivity contribution is 8.00. The highest BCUT2D eigenvalue weighted by Crippen LogP contribution is 2.55. The van der Waals surface area contributed by atoms with E-state index in [-0.39, 0.29) is 16.7 Å². The summed E-state index contributed by atoms with van der Waals surface area (Å²) in [6.07, 6.45) is 7.65. The van der Waals surface area contributed by atoms with Gasteiger partial charge in [0, 0.05) is 5.54 Å². The SMILES string of the molecule is Cc1ccccc1-n1nnnc1S[C@H](C)C(=O)NC12CC3CC(CC(C3)C1)C2. The number of aromatic nitrogens is 4. The second-order valence-corrected chi connectivity index (χ2v) is 10.4. The van der Waals surface area contributed by atoms with Crippen molar-refractivity contribution in [1.29, 1.82) is 0 Å². The van der Waals surface area contributed by atoms with Crippen molar-refractivity contribution in [3.05, 3.63) is 29.8 Å². The maximum atomic E-state index is 13.1. The third kappa shape index (κ3) is 3.23. The van der Waals surface area contributed by atoms with Gasteiger partial charge in [-0.15, -0.1) is 5.10 Å². The quantitative estimate of drug-likeness (QED) is 0.782. The maximum absolute atomic E-state index is 13.1. The van der Waals surface area contributed by atoms with Crippen molar-refractivity contribution >= 4 is 17.7 Å². The molecule has 1 aromatic heterocycles. The molecule has 6 nitrogen and oxygen atoms in total. The Kier molecular flexibility index (Phi) is 4.45. The van der Waals surface area contributed by atoms with Crippen LogP contribution in [0.5, 0.6) is 0 Å². The number of para-hydroxylation sites is 1. The summed E-state index contributed by atoms with van der Waals surface area (Å²) >= 11 is 1.43. The van der Waals surface area contributed by atoms with E-state index < -0.39 is 0 Å². The third-order valence-corrected chi connectivity index (χ3v) is 7.90. The number of aryl methyl sites for hydroxylation is 1. The molecule has 0 saturated heterocycles. The molecular formula is C21H27N5OS. The largest absolute Gasteiger partial charge is 0.350 e. The van der Waals surface area contributed by atoms with E-state index in [1.54, 1.807) is 4.68 Å². The lowest BCUT2D eigenvalue weighted by Gasteiger charge is -2.57. The zero-order valence-corrected chi connectivity index (χ0v) is 17.3. The first-order valence-corrected chi connectivity index (χ1v) is 11.2. The minimum atomic E-state index is -0.234. The predicted octanol–water partition coefficient (Wildman–Crippen LogP) is 3.54. The first-order valence-electron chi connectivity index (χ1n) is 10.3. The van der Waals surface area contributed by atoms with Gasteiger partial charge >= 0.3 is 0 Å². The Bertz CT molecular complexity index is 859. The molecule has 2 aromatic rings. The molecule has 7 heteroatoms. The molecule has 4 bridgehead atoms. The number of carbonyl (C=O) groups is 1. The van der Waals surface area contributed by atoms with Gasteiger partial charge in [0.05, 0.1) is 10.9 Å². The molecule has 4 saturated carbocycles. The summed E-state index contributed by atoms with van der Waals surface area (Å²) in [5, 5.41) is 16.0. The number of benzene rings is 1. The van der Waals surface area contributed by atoms with Crippen LogP contribution in [-0.2, 0) is 4.79 Å². The summed E-state index contributed by atoms with van der Waals surface area (Å²) < 4.78 is 1.73. The summed E-state index contributed by atoms with van der Waals surface area (Å²) in [7, 11) is 0. The van der Waals surface area contributed by atoms with Gasteiger partial charge in [0.25, 0.3) is 0 Å². The van der Waals surface area contributed by atoms with Gasteiger partial charge in [-0.25, -0.2) is 0 Å². The van der Waals surface area contributed by atoms with E-state index in [0.717, 1.165) is 29.0 Å². The zero-order chi connectivity index (χ0) is 19.3. The maximum Gasteiger partial charge on any atom is 0.233 e. The second kappa shape index (κ2) is 6.87. The average molecular weight is 398 g/mol. The fraction of sp³-hybridized carbons (Fsp3) is 0.619. The van der Waals surface area contributed by atoms with Gasteiger partial charge in [-0.2, -0.15) is 4.68 Å². The number of amides is 1. The Hall–Kier alpha value is -1.89. The lowest BCUT2D eigenvalue weighted by Crippen LogP contribution is -2.60. The molecule has 148 valence electrons. The number of carbonyl (C=O) groups excluding carboxylic acids is 1. The predicted molar refractivity (Wildman–Crippen MR) is 108 cm³/mol. The lowest BCUT2D eigenvalue weighted by atomic mass is 9.53. The normalized spacial score (nSPS) is 31.7. The molecule has 6 rings (SSSR count). The van der Waals surface area contributed by atoms with Crippen LogP contribution >= 0.6 is 11.8 Å². The number of rotatable bonds is 5. The first kappa shape index (κ1) is 18.2. The van der Waals surface area contributed by atoms with Crippen LogP contribution in [0.4, 0.5) is 0 Å². The van der Waals surface area contributed by atoms with Crippen LogP contribution in [0.3, 0.4) is 0 Å². The molecule has 4 fully saturated rings. The van der Waals surface area contributed by atoms with Crippen LogP contribution in [0.25, 0.3) is 5.69 Å². The smallest absolute Gasteiger partial charge is 0.233 e. The van der Waals surface area contributed by atoms with E-state index in [0.29, 0.717) is 5.16 Å². The fourth-order valence-corrected chi connectivity index (χ4v) is 6.84. The van der Waals surface area contributed by atoms with Crippen molar-refractivity contribution in [1.82, 2.24) is 25.5 Å². The number of hydrogen-bond acceptors (Lipinski definition) is 5. The van der Waals surface area contributed by atoms with Crippen molar-refractivity contribution < 1.29 is 4.79 Å². The molecule has 1 aromatic carbocycles. The lowest BCUT2D eigenvalue weighted by molar-refractivity contribution is -0.126. The van der Waals surface area contributed by atoms with Crippen molar-refractivity contribution in [3.63, 3.8) is 0 Å². The van der Waals surface area contributed by atoms with Crippen molar-refractivity contribution in [2.75, 3.05) is 0 Å². The van der Waals surface area contributed by atoms with Gasteiger partial charge in [0.1, 0.15) is 0 Å². The van der Waals surface area contributed by atoms with E-state index in [1.165, 1.54) is 50.3 Å². The molecule has 1 N–H and O–H groups in total. The van der Waals surface area contributed by atoms with Crippen LogP contribution < -0.4 is 5.32 Å². The number of hydrogen-bond donors (Lipinski definition) is 1.